The summed E-state index contributed by atoms with van der Waals surface area (Å²) in [7, 11) is 3.81. The third-order valence-corrected chi connectivity index (χ3v) is 6.26. The van der Waals surface area contributed by atoms with Crippen LogP contribution in [0.3, 0.4) is 0 Å². The zero-order valence-corrected chi connectivity index (χ0v) is 18.7. The van der Waals surface area contributed by atoms with Crippen molar-refractivity contribution in [2.45, 2.75) is 19.9 Å². The SMILES string of the molecule is CCc1cc2ncc(CN3CCN(c4cnc5c(NC)nn(C)c5c4)CC3)cc2[nH]c1=O. The number of aromatic nitrogens is 5. The van der Waals surface area contributed by atoms with Gasteiger partial charge in [-0.3, -0.25) is 19.4 Å². The molecule has 1 saturated heterocycles. The summed E-state index contributed by atoms with van der Waals surface area (Å²) < 4.78 is 1.87. The highest BCUT2D eigenvalue weighted by atomic mass is 16.1. The molecule has 166 valence electrons. The fourth-order valence-corrected chi connectivity index (χ4v) is 4.40. The van der Waals surface area contributed by atoms with E-state index in [0.29, 0.717) is 6.42 Å². The maximum absolute atomic E-state index is 12.1. The maximum atomic E-state index is 12.1. The summed E-state index contributed by atoms with van der Waals surface area (Å²) in [5.41, 5.74) is 6.56. The Morgan fingerprint density at radius 3 is 2.66 bits per heavy atom. The van der Waals surface area contributed by atoms with Gasteiger partial charge in [-0.2, -0.15) is 5.10 Å². The highest BCUT2D eigenvalue weighted by Crippen LogP contribution is 2.25. The van der Waals surface area contributed by atoms with Gasteiger partial charge in [-0.05, 0) is 30.2 Å². The van der Waals surface area contributed by atoms with Crippen LogP contribution in [0.5, 0.6) is 0 Å². The van der Waals surface area contributed by atoms with E-state index in [-0.39, 0.29) is 5.56 Å². The van der Waals surface area contributed by atoms with E-state index in [1.165, 1.54) is 0 Å². The van der Waals surface area contributed by atoms with Crippen molar-refractivity contribution in [2.75, 3.05) is 43.4 Å². The Kier molecular flexibility index (Phi) is 5.26. The number of nitrogens with one attached hydrogen (secondary N) is 2. The van der Waals surface area contributed by atoms with Crippen LogP contribution >= 0.6 is 0 Å². The lowest BCUT2D eigenvalue weighted by Gasteiger charge is -2.36. The van der Waals surface area contributed by atoms with Crippen molar-refractivity contribution in [1.82, 2.24) is 29.6 Å². The van der Waals surface area contributed by atoms with Gasteiger partial charge < -0.3 is 15.2 Å². The Morgan fingerprint density at radius 1 is 1.09 bits per heavy atom. The summed E-state index contributed by atoms with van der Waals surface area (Å²) in [5, 5.41) is 7.58. The number of H-pyrrole nitrogens is 1. The molecule has 1 fully saturated rings. The zero-order chi connectivity index (χ0) is 22.2. The van der Waals surface area contributed by atoms with Crippen molar-refractivity contribution in [2.24, 2.45) is 7.05 Å². The molecule has 1 aliphatic heterocycles. The Bertz CT molecular complexity index is 1330. The number of piperazine rings is 1. The molecule has 9 heteroatoms. The third-order valence-electron chi connectivity index (χ3n) is 6.26. The molecule has 0 spiro atoms. The molecule has 0 amide bonds. The van der Waals surface area contributed by atoms with Gasteiger partial charge in [0.25, 0.3) is 5.56 Å². The summed E-state index contributed by atoms with van der Waals surface area (Å²) in [5.74, 6) is 0.801. The van der Waals surface area contributed by atoms with Gasteiger partial charge in [0.1, 0.15) is 5.52 Å². The largest absolute Gasteiger partial charge is 0.370 e. The van der Waals surface area contributed by atoms with E-state index in [2.05, 4.69) is 47.3 Å². The first-order valence-electron chi connectivity index (χ1n) is 11.0. The molecule has 4 aromatic rings. The van der Waals surface area contributed by atoms with Crippen LogP contribution in [0.2, 0.25) is 0 Å². The minimum Gasteiger partial charge on any atom is -0.370 e. The molecule has 5 heterocycles. The molecule has 2 N–H and O–H groups in total. The number of hydrogen-bond acceptors (Lipinski definition) is 7. The predicted octanol–water partition coefficient (Wildman–Crippen LogP) is 2.13. The zero-order valence-electron chi connectivity index (χ0n) is 18.7. The van der Waals surface area contributed by atoms with Gasteiger partial charge >= 0.3 is 0 Å². The molecular weight excluding hydrogens is 404 g/mol. The average molecular weight is 433 g/mol. The molecule has 32 heavy (non-hydrogen) atoms. The van der Waals surface area contributed by atoms with Crippen LogP contribution < -0.4 is 15.8 Å². The fraction of sp³-hybridized carbons (Fsp3) is 0.391. The Balaban J connectivity index is 1.27. The Labute approximate surface area is 186 Å². The number of aryl methyl sites for hydroxylation is 2. The normalized spacial score (nSPS) is 15.0. The molecule has 0 aromatic carbocycles. The molecule has 9 nitrogen and oxygen atoms in total. The van der Waals surface area contributed by atoms with Gasteiger partial charge in [0.05, 0.1) is 28.4 Å². The molecule has 5 rings (SSSR count). The number of fused-ring (bicyclic) bond motifs is 2. The van der Waals surface area contributed by atoms with Crippen molar-refractivity contribution in [3.63, 3.8) is 0 Å². The molecule has 0 atom stereocenters. The van der Waals surface area contributed by atoms with E-state index >= 15 is 0 Å². The second kappa shape index (κ2) is 8.23. The Hall–Kier alpha value is -3.46. The third kappa shape index (κ3) is 3.69. The molecular formula is C23H28N8O. The molecule has 4 aromatic heterocycles. The summed E-state index contributed by atoms with van der Waals surface area (Å²) in [6.45, 7) is 6.57. The number of anilines is 2. The first-order chi connectivity index (χ1) is 15.6. The maximum Gasteiger partial charge on any atom is 0.251 e. The van der Waals surface area contributed by atoms with Crippen LogP contribution in [0.4, 0.5) is 11.5 Å². The van der Waals surface area contributed by atoms with Gasteiger partial charge in [-0.25, -0.2) is 4.98 Å². The molecule has 0 unspecified atom stereocenters. The highest BCUT2D eigenvalue weighted by Gasteiger charge is 2.19. The standard InChI is InChI=1S/C23H28N8O/c1-4-16-10-18-19(27-23(16)32)9-15(12-25-18)14-30-5-7-31(8-6-30)17-11-20-21(26-13-17)22(24-2)28-29(20)3/h9-13H,4-8,14H2,1-3H3,(H,24,28)(H,27,32). The number of rotatable bonds is 5. The van der Waals surface area contributed by atoms with Crippen molar-refractivity contribution in [3.8, 4) is 0 Å². The molecule has 0 aliphatic carbocycles. The van der Waals surface area contributed by atoms with Crippen LogP contribution in [0.1, 0.15) is 18.1 Å². The van der Waals surface area contributed by atoms with Gasteiger partial charge in [-0.15, -0.1) is 0 Å². The lowest BCUT2D eigenvalue weighted by molar-refractivity contribution is 0.249. The van der Waals surface area contributed by atoms with Crippen LogP contribution in [0.25, 0.3) is 22.1 Å². The van der Waals surface area contributed by atoms with Crippen molar-refractivity contribution in [1.29, 1.82) is 0 Å². The summed E-state index contributed by atoms with van der Waals surface area (Å²) in [6, 6.07) is 6.11. The average Bonchev–Trinajstić information content (AvgIpc) is 3.14. The molecule has 0 bridgehead atoms. The first kappa shape index (κ1) is 20.4. The van der Waals surface area contributed by atoms with E-state index in [1.54, 1.807) is 0 Å². The van der Waals surface area contributed by atoms with Crippen LogP contribution in [0, 0.1) is 0 Å². The second-order valence-corrected chi connectivity index (χ2v) is 8.30. The smallest absolute Gasteiger partial charge is 0.251 e. The molecule has 1 aliphatic rings. The minimum atomic E-state index is -0.0200. The predicted molar refractivity (Wildman–Crippen MR) is 127 cm³/mol. The minimum absolute atomic E-state index is 0.0200. The second-order valence-electron chi connectivity index (χ2n) is 8.30. The van der Waals surface area contributed by atoms with Crippen molar-refractivity contribution < 1.29 is 0 Å². The number of hydrogen-bond donors (Lipinski definition) is 2. The molecule has 0 radical (unpaired) electrons. The van der Waals surface area contributed by atoms with E-state index < -0.39 is 0 Å². The topological polar surface area (TPSA) is 95.0 Å². The first-order valence-corrected chi connectivity index (χ1v) is 11.0. The van der Waals surface area contributed by atoms with Crippen molar-refractivity contribution in [3.05, 3.63) is 52.1 Å². The van der Waals surface area contributed by atoms with Crippen molar-refractivity contribution >= 4 is 33.6 Å². The lowest BCUT2D eigenvalue weighted by atomic mass is 10.1. The number of pyridine rings is 3. The summed E-state index contributed by atoms with van der Waals surface area (Å²) >= 11 is 0. The summed E-state index contributed by atoms with van der Waals surface area (Å²) in [4.78, 5) is 29.1. The van der Waals surface area contributed by atoms with E-state index in [4.69, 9.17) is 0 Å². The van der Waals surface area contributed by atoms with Gasteiger partial charge in [0.2, 0.25) is 0 Å². The summed E-state index contributed by atoms with van der Waals surface area (Å²) in [6.07, 6.45) is 4.57. The fourth-order valence-electron chi connectivity index (χ4n) is 4.40. The van der Waals surface area contributed by atoms with Crippen LogP contribution in [-0.2, 0) is 20.0 Å². The van der Waals surface area contributed by atoms with E-state index in [0.717, 1.165) is 77.4 Å². The Morgan fingerprint density at radius 2 is 1.91 bits per heavy atom. The number of nitrogens with zero attached hydrogens (tertiary/aromatic N) is 6. The monoisotopic (exact) mass is 432 g/mol. The van der Waals surface area contributed by atoms with Gasteiger partial charge in [0.15, 0.2) is 5.82 Å². The quantitative estimate of drug-likeness (QED) is 0.499. The van der Waals surface area contributed by atoms with E-state index in [9.17, 15) is 4.79 Å². The number of aromatic amines is 1. The van der Waals surface area contributed by atoms with Crippen LogP contribution in [-0.4, -0.2) is 62.9 Å². The van der Waals surface area contributed by atoms with E-state index in [1.807, 2.05) is 44.2 Å². The highest BCUT2D eigenvalue weighted by molar-refractivity contribution is 5.88. The molecule has 0 saturated carbocycles. The lowest BCUT2D eigenvalue weighted by Crippen LogP contribution is -2.46. The van der Waals surface area contributed by atoms with Gasteiger partial charge in [0, 0.05) is 58.6 Å². The van der Waals surface area contributed by atoms with Gasteiger partial charge in [-0.1, -0.05) is 6.92 Å². The van der Waals surface area contributed by atoms with Crippen LogP contribution in [0.15, 0.2) is 35.4 Å².